The van der Waals surface area contributed by atoms with Crippen LogP contribution >= 0.6 is 23.5 Å². The summed E-state index contributed by atoms with van der Waals surface area (Å²) >= 11 is 4.34. The van der Waals surface area contributed by atoms with Crippen LogP contribution < -0.4 is 10.4 Å². The van der Waals surface area contributed by atoms with Crippen LogP contribution in [0.15, 0.2) is 60.7 Å². The molecule has 0 aromatic heterocycles. The SMILES string of the molecule is CC(=O)CCCC1([Si](C)(c2ccccc2)c2ccccc2)SCCCS1. The number of carbonyl (C=O) groups excluding carboxylic acids is 1. The van der Waals surface area contributed by atoms with E-state index >= 15 is 0 Å². The molecule has 1 heterocycles. The van der Waals surface area contributed by atoms with Gasteiger partial charge < -0.3 is 4.79 Å². The predicted octanol–water partition coefficient (Wildman–Crippen LogP) is 4.74. The van der Waals surface area contributed by atoms with Gasteiger partial charge in [0.25, 0.3) is 0 Å². The minimum Gasteiger partial charge on any atom is -0.300 e. The number of hydrogen-bond acceptors (Lipinski definition) is 3. The lowest BCUT2D eigenvalue weighted by molar-refractivity contribution is -0.117. The third kappa shape index (κ3) is 3.97. The summed E-state index contributed by atoms with van der Waals surface area (Å²) in [6, 6.07) is 22.3. The summed E-state index contributed by atoms with van der Waals surface area (Å²) < 4.78 is 0.198. The van der Waals surface area contributed by atoms with E-state index in [0.717, 1.165) is 12.8 Å². The standard InChI is InChI=1S/C22H28OS2Si/c1-19(23)11-9-16-22(24-17-10-18-25-22)26(2,20-12-5-3-6-13-20)21-14-7-4-8-15-21/h3-8,12-15H,9-11,16-18H2,1-2H3. The molecule has 0 N–H and O–H groups in total. The van der Waals surface area contributed by atoms with E-state index in [2.05, 4.69) is 90.7 Å². The van der Waals surface area contributed by atoms with Gasteiger partial charge in [-0.25, -0.2) is 0 Å². The van der Waals surface area contributed by atoms with Gasteiger partial charge in [-0.3, -0.25) is 0 Å². The second-order valence-electron chi connectivity index (χ2n) is 7.22. The van der Waals surface area contributed by atoms with Crippen molar-refractivity contribution in [1.82, 2.24) is 0 Å². The first-order valence-corrected chi connectivity index (χ1v) is 13.9. The summed E-state index contributed by atoms with van der Waals surface area (Å²) in [7, 11) is -2.01. The molecule has 26 heavy (non-hydrogen) atoms. The Balaban J connectivity index is 2.09. The summed E-state index contributed by atoms with van der Waals surface area (Å²) in [6.45, 7) is 4.27. The van der Waals surface area contributed by atoms with Crippen LogP contribution in [-0.4, -0.2) is 29.1 Å². The highest BCUT2D eigenvalue weighted by Gasteiger charge is 2.53. The molecule has 4 heteroatoms. The molecule has 0 spiro atoms. The minimum absolute atomic E-state index is 0.198. The lowest BCUT2D eigenvalue weighted by Crippen LogP contribution is -2.69. The van der Waals surface area contributed by atoms with Crippen molar-refractivity contribution in [2.45, 2.75) is 42.9 Å². The first-order valence-electron chi connectivity index (χ1n) is 9.47. The van der Waals surface area contributed by atoms with Gasteiger partial charge in [-0.05, 0) is 37.7 Å². The second kappa shape index (κ2) is 8.81. The molecule has 2 aromatic rings. The zero-order valence-electron chi connectivity index (χ0n) is 15.7. The molecule has 138 valence electrons. The zero-order chi connectivity index (χ0) is 18.5. The van der Waals surface area contributed by atoms with Gasteiger partial charge in [-0.2, -0.15) is 0 Å². The molecule has 1 saturated heterocycles. The maximum absolute atomic E-state index is 11.6. The van der Waals surface area contributed by atoms with Gasteiger partial charge in [0, 0.05) is 6.42 Å². The van der Waals surface area contributed by atoms with Crippen molar-refractivity contribution in [2.75, 3.05) is 11.5 Å². The highest BCUT2D eigenvalue weighted by atomic mass is 32.2. The Bertz CT molecular complexity index is 672. The van der Waals surface area contributed by atoms with E-state index in [-0.39, 0.29) is 3.70 Å². The average Bonchev–Trinajstić information content (AvgIpc) is 2.69. The Kier molecular flexibility index (Phi) is 6.70. The second-order valence-corrected chi connectivity index (χ2v) is 15.2. The van der Waals surface area contributed by atoms with E-state index in [1.54, 1.807) is 6.92 Å². The van der Waals surface area contributed by atoms with E-state index in [0.29, 0.717) is 12.2 Å². The van der Waals surface area contributed by atoms with Gasteiger partial charge in [0.1, 0.15) is 13.9 Å². The van der Waals surface area contributed by atoms with Gasteiger partial charge in [0.05, 0.1) is 3.70 Å². The summed E-state index contributed by atoms with van der Waals surface area (Å²) in [5.41, 5.74) is 0. The molecule has 3 rings (SSSR count). The van der Waals surface area contributed by atoms with Gasteiger partial charge in [-0.1, -0.05) is 77.6 Å². The quantitative estimate of drug-likeness (QED) is 0.625. The van der Waals surface area contributed by atoms with Crippen molar-refractivity contribution in [3.63, 3.8) is 0 Å². The normalized spacial score (nSPS) is 17.0. The third-order valence-corrected chi connectivity index (χ3v) is 16.6. The molecule has 1 nitrogen and oxygen atoms in total. The highest BCUT2D eigenvalue weighted by molar-refractivity contribution is 8.21. The first-order chi connectivity index (χ1) is 12.6. The number of hydrogen-bond donors (Lipinski definition) is 0. The van der Waals surface area contributed by atoms with Gasteiger partial charge >= 0.3 is 0 Å². The molecule has 0 amide bonds. The van der Waals surface area contributed by atoms with Crippen molar-refractivity contribution in [3.05, 3.63) is 60.7 Å². The molecule has 0 bridgehead atoms. The number of ketones is 1. The van der Waals surface area contributed by atoms with Crippen molar-refractivity contribution < 1.29 is 4.79 Å². The third-order valence-electron chi connectivity index (χ3n) is 5.46. The predicted molar refractivity (Wildman–Crippen MR) is 121 cm³/mol. The number of thioether (sulfide) groups is 2. The Hall–Kier alpha value is -0.973. The van der Waals surface area contributed by atoms with Crippen molar-refractivity contribution in [2.24, 2.45) is 0 Å². The largest absolute Gasteiger partial charge is 0.300 e. The highest BCUT2D eigenvalue weighted by Crippen LogP contribution is 2.51. The monoisotopic (exact) mass is 400 g/mol. The lowest BCUT2D eigenvalue weighted by atomic mass is 10.2. The molecule has 0 unspecified atom stereocenters. The Morgan fingerprint density at radius 3 is 1.92 bits per heavy atom. The topological polar surface area (TPSA) is 17.1 Å². The summed E-state index contributed by atoms with van der Waals surface area (Å²) in [6.07, 6.45) is 4.11. The molecule has 1 aliphatic heterocycles. The summed E-state index contributed by atoms with van der Waals surface area (Å²) in [5.74, 6) is 2.78. The van der Waals surface area contributed by atoms with Crippen LogP contribution in [0.2, 0.25) is 6.55 Å². The molecule has 1 aliphatic rings. The molecule has 2 aromatic carbocycles. The number of carbonyl (C=O) groups is 1. The van der Waals surface area contributed by atoms with Gasteiger partial charge in [0.15, 0.2) is 0 Å². The van der Waals surface area contributed by atoms with Crippen molar-refractivity contribution >= 4 is 47.8 Å². The van der Waals surface area contributed by atoms with E-state index in [9.17, 15) is 4.79 Å². The number of Topliss-reactive ketones (excluding diaryl/α,β-unsaturated/α-hetero) is 1. The van der Waals surface area contributed by atoms with Crippen LogP contribution in [0.3, 0.4) is 0 Å². The Morgan fingerprint density at radius 1 is 0.962 bits per heavy atom. The minimum atomic E-state index is -2.01. The van der Waals surface area contributed by atoms with Crippen LogP contribution in [0.4, 0.5) is 0 Å². The van der Waals surface area contributed by atoms with Crippen LogP contribution in [0.1, 0.15) is 32.6 Å². The molecule has 1 fully saturated rings. The molecule has 0 saturated carbocycles. The van der Waals surface area contributed by atoms with Gasteiger partial charge in [-0.15, -0.1) is 23.5 Å². The number of rotatable bonds is 7. The zero-order valence-corrected chi connectivity index (χ0v) is 18.4. The first kappa shape index (κ1) is 19.8. The summed E-state index contributed by atoms with van der Waals surface area (Å²) in [5, 5.41) is 3.02. The smallest absolute Gasteiger partial charge is 0.142 e. The lowest BCUT2D eigenvalue weighted by Gasteiger charge is -2.49. The number of benzene rings is 2. The van der Waals surface area contributed by atoms with Crippen LogP contribution in [0.5, 0.6) is 0 Å². The van der Waals surface area contributed by atoms with E-state index in [1.165, 1.54) is 28.3 Å². The average molecular weight is 401 g/mol. The molecule has 0 radical (unpaired) electrons. The van der Waals surface area contributed by atoms with Crippen molar-refractivity contribution in [1.29, 1.82) is 0 Å². The van der Waals surface area contributed by atoms with Crippen molar-refractivity contribution in [3.8, 4) is 0 Å². The Labute approximate surface area is 167 Å². The molecular formula is C22H28OS2Si. The maximum atomic E-state index is 11.6. The fourth-order valence-corrected chi connectivity index (χ4v) is 14.8. The maximum Gasteiger partial charge on any atom is 0.142 e. The van der Waals surface area contributed by atoms with Crippen LogP contribution in [0, 0.1) is 0 Å². The molecule has 0 atom stereocenters. The van der Waals surface area contributed by atoms with Crippen LogP contribution in [0.25, 0.3) is 0 Å². The summed E-state index contributed by atoms with van der Waals surface area (Å²) in [4.78, 5) is 11.6. The van der Waals surface area contributed by atoms with E-state index in [4.69, 9.17) is 0 Å². The van der Waals surface area contributed by atoms with Gasteiger partial charge in [0.2, 0.25) is 0 Å². The molecular weight excluding hydrogens is 372 g/mol. The fraction of sp³-hybridized carbons (Fsp3) is 0.409. The molecule has 0 aliphatic carbocycles. The van der Waals surface area contributed by atoms with E-state index < -0.39 is 8.07 Å². The van der Waals surface area contributed by atoms with E-state index in [1.807, 2.05) is 0 Å². The fourth-order valence-electron chi connectivity index (χ4n) is 3.98. The Morgan fingerprint density at radius 2 is 1.46 bits per heavy atom. The van der Waals surface area contributed by atoms with Crippen LogP contribution in [-0.2, 0) is 4.79 Å².